The Morgan fingerprint density at radius 2 is 1.71 bits per heavy atom. The Kier molecular flexibility index (Phi) is 5.65. The number of nitrogens with one attached hydrogen (secondary N) is 2. The van der Waals surface area contributed by atoms with Crippen molar-refractivity contribution < 1.29 is 4.79 Å². The van der Waals surface area contributed by atoms with Gasteiger partial charge >= 0.3 is 0 Å². The summed E-state index contributed by atoms with van der Waals surface area (Å²) in [5, 5.41) is 8.56. The fourth-order valence-corrected chi connectivity index (χ4v) is 4.71. The van der Waals surface area contributed by atoms with Crippen LogP contribution in [0.25, 0.3) is 6.08 Å². The van der Waals surface area contributed by atoms with Gasteiger partial charge in [-0.05, 0) is 71.6 Å². The summed E-state index contributed by atoms with van der Waals surface area (Å²) < 4.78 is 0. The van der Waals surface area contributed by atoms with E-state index in [4.69, 9.17) is 0 Å². The first-order valence-electron chi connectivity index (χ1n) is 11.3. The van der Waals surface area contributed by atoms with E-state index >= 15 is 0 Å². The van der Waals surface area contributed by atoms with Crippen LogP contribution >= 0.6 is 0 Å². The summed E-state index contributed by atoms with van der Waals surface area (Å²) in [4.78, 5) is 12.1. The summed E-state index contributed by atoms with van der Waals surface area (Å²) in [6.07, 6.45) is 13.1. The van der Waals surface area contributed by atoms with Gasteiger partial charge in [-0.1, -0.05) is 55.3 Å². The SMILES string of the molecule is O=C1CCCCCCc2c(ccc3c2C=CC3)Cc2cccc(c2)C2=NN=C(C2)NN1. The number of carbonyl (C=O) groups is 1. The molecule has 158 valence electrons. The first kappa shape index (κ1) is 19.7. The van der Waals surface area contributed by atoms with Crippen molar-refractivity contribution >= 4 is 23.5 Å². The molecule has 5 rings (SSSR count). The molecule has 0 radical (unpaired) electrons. The quantitative estimate of drug-likeness (QED) is 0.670. The van der Waals surface area contributed by atoms with Gasteiger partial charge in [-0.3, -0.25) is 15.6 Å². The molecule has 31 heavy (non-hydrogen) atoms. The summed E-state index contributed by atoms with van der Waals surface area (Å²) in [6, 6.07) is 13.2. The first-order chi connectivity index (χ1) is 15.3. The van der Waals surface area contributed by atoms with Crippen LogP contribution in [-0.2, 0) is 24.1 Å². The highest BCUT2D eigenvalue weighted by Crippen LogP contribution is 2.30. The van der Waals surface area contributed by atoms with Gasteiger partial charge in [-0.2, -0.15) is 5.10 Å². The number of fused-ring (bicyclic) bond motifs is 8. The number of hydrazine groups is 1. The molecule has 5 nitrogen and oxygen atoms in total. The summed E-state index contributed by atoms with van der Waals surface area (Å²) in [5.41, 5.74) is 14.8. The highest BCUT2D eigenvalue weighted by atomic mass is 16.2. The smallest absolute Gasteiger partial charge is 0.238 e. The monoisotopic (exact) mass is 412 g/mol. The molecular weight excluding hydrogens is 384 g/mol. The Bertz CT molecular complexity index is 1100. The van der Waals surface area contributed by atoms with E-state index in [1.165, 1.54) is 27.8 Å². The molecule has 2 aromatic carbocycles. The second kappa shape index (κ2) is 8.88. The maximum absolute atomic E-state index is 12.1. The Morgan fingerprint density at radius 1 is 0.839 bits per heavy atom. The molecule has 0 spiro atoms. The number of amidine groups is 1. The predicted molar refractivity (Wildman–Crippen MR) is 125 cm³/mol. The number of hydrogen-bond acceptors (Lipinski definition) is 4. The minimum Gasteiger partial charge on any atom is -0.284 e. The predicted octanol–water partition coefficient (Wildman–Crippen LogP) is 4.48. The third-order valence-corrected chi connectivity index (χ3v) is 6.37. The summed E-state index contributed by atoms with van der Waals surface area (Å²) in [6.45, 7) is 0. The third kappa shape index (κ3) is 4.46. The van der Waals surface area contributed by atoms with Crippen molar-refractivity contribution in [3.8, 4) is 0 Å². The van der Waals surface area contributed by atoms with E-state index in [-0.39, 0.29) is 5.91 Å². The van der Waals surface area contributed by atoms with E-state index in [1.54, 1.807) is 0 Å². The molecule has 0 fully saturated rings. The Hall–Kier alpha value is -3.21. The highest BCUT2D eigenvalue weighted by Gasteiger charge is 2.17. The van der Waals surface area contributed by atoms with Crippen molar-refractivity contribution in [1.82, 2.24) is 10.9 Å². The lowest BCUT2D eigenvalue weighted by molar-refractivity contribution is -0.121. The number of nitrogens with zero attached hydrogens (tertiary/aromatic N) is 2. The van der Waals surface area contributed by atoms with Crippen molar-refractivity contribution in [1.29, 1.82) is 0 Å². The van der Waals surface area contributed by atoms with Crippen LogP contribution < -0.4 is 10.9 Å². The molecule has 5 heteroatoms. The molecule has 0 aromatic heterocycles. The fraction of sp³-hybridized carbons (Fsp3) is 0.346. The molecule has 2 aromatic rings. The van der Waals surface area contributed by atoms with Crippen LogP contribution in [0.3, 0.4) is 0 Å². The number of rotatable bonds is 0. The van der Waals surface area contributed by atoms with Gasteiger partial charge in [0.05, 0.1) is 12.1 Å². The molecular formula is C26H28N4O. The van der Waals surface area contributed by atoms with Crippen LogP contribution in [0.5, 0.6) is 0 Å². The third-order valence-electron chi connectivity index (χ3n) is 6.37. The average Bonchev–Trinajstić information content (AvgIpc) is 3.45. The minimum absolute atomic E-state index is 0.00701. The second-order valence-corrected chi connectivity index (χ2v) is 8.62. The van der Waals surface area contributed by atoms with Crippen LogP contribution in [-0.4, -0.2) is 17.5 Å². The number of benzene rings is 2. The normalized spacial score (nSPS) is 18.6. The molecule has 3 aliphatic rings. The Labute approximate surface area is 183 Å². The van der Waals surface area contributed by atoms with Gasteiger partial charge in [-0.25, -0.2) is 0 Å². The van der Waals surface area contributed by atoms with Gasteiger partial charge in [0.1, 0.15) is 5.84 Å². The van der Waals surface area contributed by atoms with E-state index in [0.29, 0.717) is 18.7 Å². The number of allylic oxidation sites excluding steroid dienone is 1. The van der Waals surface area contributed by atoms with Crippen molar-refractivity contribution in [2.75, 3.05) is 0 Å². The van der Waals surface area contributed by atoms with E-state index in [1.807, 2.05) is 0 Å². The van der Waals surface area contributed by atoms with Crippen molar-refractivity contribution in [3.05, 3.63) is 75.9 Å². The van der Waals surface area contributed by atoms with Crippen LogP contribution in [0.1, 0.15) is 71.9 Å². The van der Waals surface area contributed by atoms with Gasteiger partial charge in [0.25, 0.3) is 0 Å². The van der Waals surface area contributed by atoms with Crippen LogP contribution in [0, 0.1) is 0 Å². The molecule has 1 amide bonds. The van der Waals surface area contributed by atoms with E-state index in [0.717, 1.165) is 56.2 Å². The zero-order valence-electron chi connectivity index (χ0n) is 17.8. The zero-order valence-corrected chi connectivity index (χ0v) is 17.8. The van der Waals surface area contributed by atoms with Crippen molar-refractivity contribution in [2.24, 2.45) is 10.2 Å². The molecule has 2 aliphatic heterocycles. The average molecular weight is 413 g/mol. The number of carbonyl (C=O) groups excluding carboxylic acids is 1. The maximum atomic E-state index is 12.1. The van der Waals surface area contributed by atoms with E-state index < -0.39 is 0 Å². The van der Waals surface area contributed by atoms with Gasteiger partial charge in [0.2, 0.25) is 5.91 Å². The lowest BCUT2D eigenvalue weighted by Crippen LogP contribution is -2.41. The minimum atomic E-state index is 0.00701. The molecule has 0 atom stereocenters. The molecule has 4 bridgehead atoms. The number of amides is 1. The highest BCUT2D eigenvalue weighted by molar-refractivity contribution is 6.14. The maximum Gasteiger partial charge on any atom is 0.238 e. The van der Waals surface area contributed by atoms with E-state index in [9.17, 15) is 4.79 Å². The van der Waals surface area contributed by atoms with E-state index in [2.05, 4.69) is 69.6 Å². The molecule has 0 unspecified atom stereocenters. The molecule has 1 aliphatic carbocycles. The summed E-state index contributed by atoms with van der Waals surface area (Å²) in [5.74, 6) is 0.690. The van der Waals surface area contributed by atoms with Gasteiger partial charge in [-0.15, -0.1) is 5.10 Å². The van der Waals surface area contributed by atoms with Gasteiger partial charge in [0, 0.05) is 6.42 Å². The fourth-order valence-electron chi connectivity index (χ4n) is 4.71. The largest absolute Gasteiger partial charge is 0.284 e. The molecule has 2 N–H and O–H groups in total. The van der Waals surface area contributed by atoms with Crippen LogP contribution in [0.2, 0.25) is 0 Å². The Morgan fingerprint density at radius 3 is 2.65 bits per heavy atom. The van der Waals surface area contributed by atoms with Crippen LogP contribution in [0.4, 0.5) is 0 Å². The van der Waals surface area contributed by atoms with Crippen LogP contribution in [0.15, 0.2) is 52.7 Å². The standard InChI is InChI=1S/C26H28N4O/c31-26-12-4-2-1-3-10-23-20(14-13-19-8-6-11-22(19)23)15-18-7-5-9-21(16-18)24-17-25(28-27-24)29-30-26/h5-7,9,11,13-14,16H,1-4,8,10,12,15,17H2,(H,28,29)(H,30,31). The zero-order chi connectivity index (χ0) is 21.0. The summed E-state index contributed by atoms with van der Waals surface area (Å²) >= 11 is 0. The van der Waals surface area contributed by atoms with Crippen molar-refractivity contribution in [3.63, 3.8) is 0 Å². The molecule has 2 heterocycles. The molecule has 0 saturated carbocycles. The van der Waals surface area contributed by atoms with Crippen molar-refractivity contribution in [2.45, 2.75) is 57.8 Å². The lowest BCUT2D eigenvalue weighted by Gasteiger charge is -2.16. The first-order valence-corrected chi connectivity index (χ1v) is 11.3. The second-order valence-electron chi connectivity index (χ2n) is 8.62. The molecule has 0 saturated heterocycles. The van der Waals surface area contributed by atoms with Gasteiger partial charge in [0.15, 0.2) is 0 Å². The topological polar surface area (TPSA) is 65.8 Å². The lowest BCUT2D eigenvalue weighted by atomic mass is 9.89. The number of hydrogen-bond donors (Lipinski definition) is 2. The summed E-state index contributed by atoms with van der Waals surface area (Å²) in [7, 11) is 0. The Balaban J connectivity index is 1.45. The van der Waals surface area contributed by atoms with Gasteiger partial charge < -0.3 is 0 Å².